The number of benzene rings is 4. The first-order valence-electron chi connectivity index (χ1n) is 8.50. The maximum Gasteiger partial charge on any atom is 0.146 e. The van der Waals surface area contributed by atoms with Gasteiger partial charge in [0, 0.05) is 10.8 Å². The molecule has 0 aliphatic carbocycles. The Morgan fingerprint density at radius 2 is 1.20 bits per heavy atom. The lowest BCUT2D eigenvalue weighted by Crippen LogP contribution is -1.91. The van der Waals surface area contributed by atoms with Crippen LogP contribution in [0.5, 0.6) is 0 Å². The zero-order chi connectivity index (χ0) is 16.4. The van der Waals surface area contributed by atoms with Gasteiger partial charge >= 0.3 is 0 Å². The third-order valence-corrected chi connectivity index (χ3v) is 5.12. The molecule has 4 aromatic carbocycles. The summed E-state index contributed by atoms with van der Waals surface area (Å²) in [5, 5.41) is 6.24. The highest BCUT2D eigenvalue weighted by Crippen LogP contribution is 2.34. The highest BCUT2D eigenvalue weighted by Gasteiger charge is 2.13. The molecule has 0 atom stereocenters. The van der Waals surface area contributed by atoms with Crippen LogP contribution >= 0.6 is 0 Å². The van der Waals surface area contributed by atoms with Crippen LogP contribution < -0.4 is 0 Å². The molecule has 0 amide bonds. The molecule has 116 valence electrons. The van der Waals surface area contributed by atoms with Crippen LogP contribution in [0.25, 0.3) is 49.1 Å². The molecule has 0 saturated heterocycles. The number of pyridine rings is 1. The Hall–Kier alpha value is -3.39. The molecule has 0 bridgehead atoms. The Morgan fingerprint density at radius 1 is 0.560 bits per heavy atom. The zero-order valence-electron chi connectivity index (χ0n) is 13.5. The maximum absolute atomic E-state index is 4.96. The molecule has 25 heavy (non-hydrogen) atoms. The third kappa shape index (κ3) is 1.66. The van der Waals surface area contributed by atoms with Crippen LogP contribution in [0.2, 0.25) is 0 Å². The number of aromatic nitrogens is 2. The molecule has 0 saturated carbocycles. The van der Waals surface area contributed by atoms with E-state index in [-0.39, 0.29) is 0 Å². The van der Waals surface area contributed by atoms with Crippen molar-refractivity contribution in [3.8, 4) is 0 Å². The summed E-state index contributed by atoms with van der Waals surface area (Å²) < 4.78 is 2.29. The predicted molar refractivity (Wildman–Crippen MR) is 105 cm³/mol. The molecule has 2 heteroatoms. The highest BCUT2D eigenvalue weighted by atomic mass is 15.0. The van der Waals surface area contributed by atoms with Crippen LogP contribution in [-0.2, 0) is 0 Å². The van der Waals surface area contributed by atoms with Crippen molar-refractivity contribution in [3.05, 3.63) is 84.9 Å². The molecule has 6 rings (SSSR count). The van der Waals surface area contributed by atoms with Crippen molar-refractivity contribution in [1.29, 1.82) is 0 Å². The van der Waals surface area contributed by atoms with Gasteiger partial charge in [-0.05, 0) is 46.5 Å². The van der Waals surface area contributed by atoms with E-state index in [0.29, 0.717) is 0 Å². The van der Waals surface area contributed by atoms with E-state index in [1.165, 1.54) is 32.4 Å². The second-order valence-electron chi connectivity index (χ2n) is 6.52. The third-order valence-electron chi connectivity index (χ3n) is 5.12. The summed E-state index contributed by atoms with van der Waals surface area (Å²) in [6, 6.07) is 30.1. The van der Waals surface area contributed by atoms with E-state index in [0.717, 1.165) is 16.7 Å². The van der Waals surface area contributed by atoms with E-state index >= 15 is 0 Å². The van der Waals surface area contributed by atoms with Crippen molar-refractivity contribution in [2.45, 2.75) is 0 Å². The summed E-state index contributed by atoms with van der Waals surface area (Å²) in [7, 11) is 0. The minimum absolute atomic E-state index is 1.03. The monoisotopic (exact) mass is 318 g/mol. The largest absolute Gasteiger partial charge is 0.292 e. The van der Waals surface area contributed by atoms with E-state index < -0.39 is 0 Å². The standard InChI is InChI=1S/C23H14N2/c1-2-8-16-14-19-18(13-15(16)7-1)17-9-3-5-11-21(17)25-22-12-6-4-10-20(22)24-23(19)25/h1-14H. The molecule has 2 heterocycles. The Balaban J connectivity index is 2.01. The van der Waals surface area contributed by atoms with Gasteiger partial charge < -0.3 is 0 Å². The minimum atomic E-state index is 1.03. The molecule has 0 aliphatic heterocycles. The van der Waals surface area contributed by atoms with Gasteiger partial charge in [-0.1, -0.05) is 54.6 Å². The van der Waals surface area contributed by atoms with Gasteiger partial charge in [-0.2, -0.15) is 0 Å². The molecule has 0 fully saturated rings. The molecular weight excluding hydrogens is 304 g/mol. The number of imidazole rings is 1. The zero-order valence-corrected chi connectivity index (χ0v) is 13.5. The summed E-state index contributed by atoms with van der Waals surface area (Å²) in [6.07, 6.45) is 0. The van der Waals surface area contributed by atoms with Gasteiger partial charge in [-0.3, -0.25) is 4.40 Å². The smallest absolute Gasteiger partial charge is 0.146 e. The second-order valence-corrected chi connectivity index (χ2v) is 6.52. The van der Waals surface area contributed by atoms with E-state index in [4.69, 9.17) is 4.98 Å². The van der Waals surface area contributed by atoms with Crippen molar-refractivity contribution in [2.24, 2.45) is 0 Å². The average Bonchev–Trinajstić information content (AvgIpc) is 3.07. The summed E-state index contributed by atoms with van der Waals surface area (Å²) >= 11 is 0. The number of fused-ring (bicyclic) bond motifs is 9. The summed E-state index contributed by atoms with van der Waals surface area (Å²) in [6.45, 7) is 0. The average molecular weight is 318 g/mol. The first-order valence-corrected chi connectivity index (χ1v) is 8.50. The fourth-order valence-corrected chi connectivity index (χ4v) is 4.00. The maximum atomic E-state index is 4.96. The predicted octanol–water partition coefficient (Wildman–Crippen LogP) is 5.95. The van der Waals surface area contributed by atoms with Gasteiger partial charge in [0.2, 0.25) is 0 Å². The molecular formula is C23H14N2. The van der Waals surface area contributed by atoms with Crippen molar-refractivity contribution in [3.63, 3.8) is 0 Å². The Bertz CT molecular complexity index is 1440. The van der Waals surface area contributed by atoms with Gasteiger partial charge in [0.05, 0.1) is 16.6 Å². The van der Waals surface area contributed by atoms with Crippen LogP contribution in [0.1, 0.15) is 0 Å². The van der Waals surface area contributed by atoms with Crippen LogP contribution in [0.3, 0.4) is 0 Å². The quantitative estimate of drug-likeness (QED) is 0.250. The van der Waals surface area contributed by atoms with E-state index in [1.807, 2.05) is 0 Å². The highest BCUT2D eigenvalue weighted by molar-refractivity contribution is 6.17. The lowest BCUT2D eigenvalue weighted by Gasteiger charge is -2.10. The summed E-state index contributed by atoms with van der Waals surface area (Å²) in [5.41, 5.74) is 4.42. The van der Waals surface area contributed by atoms with Crippen molar-refractivity contribution < 1.29 is 0 Å². The number of para-hydroxylation sites is 3. The van der Waals surface area contributed by atoms with Crippen LogP contribution in [0.4, 0.5) is 0 Å². The molecule has 0 unspecified atom stereocenters. The fraction of sp³-hybridized carbons (Fsp3) is 0. The lowest BCUT2D eigenvalue weighted by atomic mass is 10.0. The fourth-order valence-electron chi connectivity index (χ4n) is 4.00. The van der Waals surface area contributed by atoms with Gasteiger partial charge in [0.15, 0.2) is 0 Å². The minimum Gasteiger partial charge on any atom is -0.292 e. The van der Waals surface area contributed by atoms with Crippen molar-refractivity contribution in [1.82, 2.24) is 9.38 Å². The van der Waals surface area contributed by atoms with Crippen LogP contribution in [0.15, 0.2) is 84.9 Å². The SMILES string of the molecule is c1ccc2cc3c(cc2c1)c1ccccc1n1c2ccccc2nc31. The lowest BCUT2D eigenvalue weighted by molar-refractivity contribution is 1.32. The summed E-state index contributed by atoms with van der Waals surface area (Å²) in [4.78, 5) is 4.96. The number of nitrogens with zero attached hydrogens (tertiary/aromatic N) is 2. The van der Waals surface area contributed by atoms with Gasteiger partial charge in [0.25, 0.3) is 0 Å². The normalized spacial score (nSPS) is 12.0. The van der Waals surface area contributed by atoms with Gasteiger partial charge in [0.1, 0.15) is 5.65 Å². The molecule has 0 aliphatic rings. The van der Waals surface area contributed by atoms with Crippen LogP contribution in [-0.4, -0.2) is 9.38 Å². The first-order chi connectivity index (χ1) is 12.4. The van der Waals surface area contributed by atoms with E-state index in [9.17, 15) is 0 Å². The van der Waals surface area contributed by atoms with Crippen molar-refractivity contribution >= 4 is 49.1 Å². The van der Waals surface area contributed by atoms with Crippen LogP contribution in [0, 0.1) is 0 Å². The Kier molecular flexibility index (Phi) is 2.37. The van der Waals surface area contributed by atoms with Crippen molar-refractivity contribution in [2.75, 3.05) is 0 Å². The topological polar surface area (TPSA) is 17.3 Å². The molecule has 0 N–H and O–H groups in total. The molecule has 0 spiro atoms. The van der Waals surface area contributed by atoms with E-state index in [1.54, 1.807) is 0 Å². The Morgan fingerprint density at radius 3 is 2.04 bits per heavy atom. The Labute approximate surface area is 143 Å². The second kappa shape index (κ2) is 4.58. The number of rotatable bonds is 0. The summed E-state index contributed by atoms with van der Waals surface area (Å²) in [5.74, 6) is 0. The number of hydrogen-bond donors (Lipinski definition) is 0. The molecule has 2 nitrogen and oxygen atoms in total. The molecule has 2 aromatic heterocycles. The molecule has 6 aromatic rings. The van der Waals surface area contributed by atoms with Gasteiger partial charge in [-0.15, -0.1) is 0 Å². The van der Waals surface area contributed by atoms with Gasteiger partial charge in [-0.25, -0.2) is 4.98 Å². The molecule has 0 radical (unpaired) electrons. The van der Waals surface area contributed by atoms with E-state index in [2.05, 4.69) is 89.3 Å². The number of hydrogen-bond acceptors (Lipinski definition) is 1. The first kappa shape index (κ1) is 13.0.